The second kappa shape index (κ2) is 5.10. The summed E-state index contributed by atoms with van der Waals surface area (Å²) in [5.41, 5.74) is 0.544. The van der Waals surface area contributed by atoms with Crippen LogP contribution in [0.4, 0.5) is 0 Å². The van der Waals surface area contributed by atoms with Crippen molar-refractivity contribution in [2.75, 3.05) is 26.2 Å². The van der Waals surface area contributed by atoms with E-state index >= 15 is 0 Å². The highest BCUT2D eigenvalue weighted by Gasteiger charge is 2.39. The molecule has 2 heterocycles. The van der Waals surface area contributed by atoms with E-state index in [-0.39, 0.29) is 5.54 Å². The normalized spacial score (nSPS) is 33.8. The van der Waals surface area contributed by atoms with Crippen molar-refractivity contribution >= 4 is 0 Å². The van der Waals surface area contributed by atoms with E-state index in [0.29, 0.717) is 17.6 Å². The van der Waals surface area contributed by atoms with Crippen molar-refractivity contribution in [3.63, 3.8) is 0 Å². The second-order valence-corrected chi connectivity index (χ2v) is 7.71. The van der Waals surface area contributed by atoms with Crippen LogP contribution in [-0.2, 0) is 4.74 Å². The zero-order valence-corrected chi connectivity index (χ0v) is 12.8. The van der Waals surface area contributed by atoms with E-state index in [4.69, 9.17) is 4.74 Å². The molecule has 2 saturated heterocycles. The van der Waals surface area contributed by atoms with Gasteiger partial charge in [-0.25, -0.2) is 0 Å². The van der Waals surface area contributed by atoms with Gasteiger partial charge in [0, 0.05) is 37.8 Å². The van der Waals surface area contributed by atoms with Crippen molar-refractivity contribution in [2.24, 2.45) is 5.41 Å². The monoisotopic (exact) mass is 254 g/mol. The van der Waals surface area contributed by atoms with Crippen LogP contribution in [0.2, 0.25) is 0 Å². The molecule has 0 aliphatic carbocycles. The molecule has 0 aromatic rings. The van der Waals surface area contributed by atoms with Crippen LogP contribution in [0.5, 0.6) is 0 Å². The van der Waals surface area contributed by atoms with E-state index < -0.39 is 0 Å². The molecule has 0 bridgehead atoms. The minimum Gasteiger partial charge on any atom is -0.377 e. The van der Waals surface area contributed by atoms with Crippen LogP contribution in [0.1, 0.15) is 47.5 Å². The lowest BCUT2D eigenvalue weighted by atomic mass is 9.82. The Hall–Kier alpha value is -0.120. The summed E-state index contributed by atoms with van der Waals surface area (Å²) in [6.45, 7) is 15.9. The van der Waals surface area contributed by atoms with Crippen molar-refractivity contribution in [3.8, 4) is 0 Å². The highest BCUT2D eigenvalue weighted by molar-refractivity contribution is 4.97. The predicted molar refractivity (Wildman–Crippen MR) is 75.9 cm³/mol. The SMILES string of the molecule is CC1(C)CN(CC2CCCO2)C(C(C)(C)C)CN1. The van der Waals surface area contributed by atoms with Gasteiger partial charge in [-0.15, -0.1) is 0 Å². The first-order valence-corrected chi connectivity index (χ1v) is 7.39. The molecule has 106 valence electrons. The molecule has 1 N–H and O–H groups in total. The standard InChI is InChI=1S/C15H30N2O/c1-14(2,3)13-9-16-15(4,5)11-17(13)10-12-7-6-8-18-12/h12-13,16H,6-11H2,1-5H3. The van der Waals surface area contributed by atoms with Crippen LogP contribution in [0.15, 0.2) is 0 Å². The summed E-state index contributed by atoms with van der Waals surface area (Å²) >= 11 is 0. The maximum atomic E-state index is 5.82. The van der Waals surface area contributed by atoms with E-state index in [2.05, 4.69) is 44.8 Å². The lowest BCUT2D eigenvalue weighted by molar-refractivity contribution is -0.00739. The van der Waals surface area contributed by atoms with Gasteiger partial charge in [-0.05, 0) is 32.1 Å². The van der Waals surface area contributed by atoms with Crippen molar-refractivity contribution in [2.45, 2.75) is 65.1 Å². The summed E-state index contributed by atoms with van der Waals surface area (Å²) in [6.07, 6.45) is 2.94. The molecule has 2 aliphatic heterocycles. The lowest BCUT2D eigenvalue weighted by Gasteiger charge is -2.50. The molecule has 3 heteroatoms. The third-order valence-electron chi connectivity index (χ3n) is 4.27. The van der Waals surface area contributed by atoms with Gasteiger partial charge in [0.1, 0.15) is 0 Å². The Balaban J connectivity index is 2.04. The Morgan fingerprint density at radius 1 is 1.33 bits per heavy atom. The first kappa shape index (κ1) is 14.3. The number of hydrogen-bond acceptors (Lipinski definition) is 3. The van der Waals surface area contributed by atoms with Gasteiger partial charge in [0.25, 0.3) is 0 Å². The summed E-state index contributed by atoms with van der Waals surface area (Å²) < 4.78 is 5.82. The van der Waals surface area contributed by atoms with E-state index in [9.17, 15) is 0 Å². The van der Waals surface area contributed by atoms with Gasteiger partial charge < -0.3 is 10.1 Å². The van der Waals surface area contributed by atoms with Crippen LogP contribution in [0.3, 0.4) is 0 Å². The number of piperazine rings is 1. The van der Waals surface area contributed by atoms with E-state index in [0.717, 1.165) is 26.2 Å². The average Bonchev–Trinajstić information content (AvgIpc) is 2.66. The van der Waals surface area contributed by atoms with Gasteiger partial charge in [0.2, 0.25) is 0 Å². The molecule has 2 fully saturated rings. The van der Waals surface area contributed by atoms with E-state index in [1.807, 2.05) is 0 Å². The zero-order chi connectivity index (χ0) is 13.4. The third-order valence-corrected chi connectivity index (χ3v) is 4.27. The Morgan fingerprint density at radius 2 is 2.06 bits per heavy atom. The molecule has 0 amide bonds. The number of ether oxygens (including phenoxy) is 1. The Bertz CT molecular complexity index is 277. The molecular formula is C15H30N2O. The molecule has 0 aromatic heterocycles. The smallest absolute Gasteiger partial charge is 0.0702 e. The summed E-state index contributed by atoms with van der Waals surface area (Å²) in [4.78, 5) is 2.66. The largest absolute Gasteiger partial charge is 0.377 e. The summed E-state index contributed by atoms with van der Waals surface area (Å²) in [5.74, 6) is 0. The molecule has 0 spiro atoms. The summed E-state index contributed by atoms with van der Waals surface area (Å²) in [7, 11) is 0. The van der Waals surface area contributed by atoms with Gasteiger partial charge in [-0.1, -0.05) is 20.8 Å². The van der Waals surface area contributed by atoms with Crippen LogP contribution < -0.4 is 5.32 Å². The fourth-order valence-electron chi connectivity index (χ4n) is 3.27. The van der Waals surface area contributed by atoms with Gasteiger partial charge in [-0.2, -0.15) is 0 Å². The van der Waals surface area contributed by atoms with Crippen LogP contribution in [0.25, 0.3) is 0 Å². The molecule has 2 atom stereocenters. The van der Waals surface area contributed by atoms with Gasteiger partial charge in [0.05, 0.1) is 6.10 Å². The maximum Gasteiger partial charge on any atom is 0.0702 e. The number of rotatable bonds is 2. The van der Waals surface area contributed by atoms with Crippen molar-refractivity contribution in [1.82, 2.24) is 10.2 Å². The second-order valence-electron chi connectivity index (χ2n) is 7.71. The molecule has 0 saturated carbocycles. The van der Waals surface area contributed by atoms with E-state index in [1.54, 1.807) is 0 Å². The summed E-state index contributed by atoms with van der Waals surface area (Å²) in [6, 6.07) is 0.606. The molecule has 0 radical (unpaired) electrons. The zero-order valence-electron chi connectivity index (χ0n) is 12.8. The maximum absolute atomic E-state index is 5.82. The molecule has 3 nitrogen and oxygen atoms in total. The van der Waals surface area contributed by atoms with Crippen LogP contribution in [-0.4, -0.2) is 48.8 Å². The molecule has 2 unspecified atom stereocenters. The Labute approximate surface area is 112 Å². The molecule has 18 heavy (non-hydrogen) atoms. The van der Waals surface area contributed by atoms with Gasteiger partial charge in [0.15, 0.2) is 0 Å². The first-order valence-electron chi connectivity index (χ1n) is 7.39. The van der Waals surface area contributed by atoms with Gasteiger partial charge in [-0.3, -0.25) is 4.90 Å². The molecule has 0 aromatic carbocycles. The quantitative estimate of drug-likeness (QED) is 0.818. The van der Waals surface area contributed by atoms with Crippen LogP contribution in [0, 0.1) is 5.41 Å². The van der Waals surface area contributed by atoms with Gasteiger partial charge >= 0.3 is 0 Å². The average molecular weight is 254 g/mol. The topological polar surface area (TPSA) is 24.5 Å². The molecule has 2 rings (SSSR count). The van der Waals surface area contributed by atoms with Crippen molar-refractivity contribution in [1.29, 1.82) is 0 Å². The highest BCUT2D eigenvalue weighted by atomic mass is 16.5. The van der Waals surface area contributed by atoms with Crippen LogP contribution >= 0.6 is 0 Å². The minimum absolute atomic E-state index is 0.223. The van der Waals surface area contributed by atoms with Crippen molar-refractivity contribution < 1.29 is 4.74 Å². The fraction of sp³-hybridized carbons (Fsp3) is 1.00. The Kier molecular flexibility index (Phi) is 4.05. The number of hydrogen-bond donors (Lipinski definition) is 1. The molecular weight excluding hydrogens is 224 g/mol. The minimum atomic E-state index is 0.223. The lowest BCUT2D eigenvalue weighted by Crippen LogP contribution is -2.65. The van der Waals surface area contributed by atoms with E-state index in [1.165, 1.54) is 12.8 Å². The Morgan fingerprint density at radius 3 is 2.61 bits per heavy atom. The first-order chi connectivity index (χ1) is 8.28. The third kappa shape index (κ3) is 3.46. The van der Waals surface area contributed by atoms with Crippen molar-refractivity contribution in [3.05, 3.63) is 0 Å². The highest BCUT2D eigenvalue weighted by Crippen LogP contribution is 2.29. The fourth-order valence-corrected chi connectivity index (χ4v) is 3.27. The predicted octanol–water partition coefficient (Wildman–Crippen LogP) is 2.26. The molecule has 2 aliphatic rings. The number of nitrogens with one attached hydrogen (secondary N) is 1. The summed E-state index contributed by atoms with van der Waals surface area (Å²) in [5, 5.41) is 3.69. The number of nitrogens with zero attached hydrogens (tertiary/aromatic N) is 1.